The summed E-state index contributed by atoms with van der Waals surface area (Å²) in [7, 11) is 0. The van der Waals surface area contributed by atoms with E-state index < -0.39 is 0 Å². The Hall–Kier alpha value is -1.26. The van der Waals surface area contributed by atoms with Crippen molar-refractivity contribution in [3.8, 4) is 10.6 Å². The average Bonchev–Trinajstić information content (AvgIpc) is 2.71. The van der Waals surface area contributed by atoms with Gasteiger partial charge in [0.1, 0.15) is 5.01 Å². The number of aliphatic hydroxyl groups is 1. The van der Waals surface area contributed by atoms with Gasteiger partial charge < -0.3 is 5.11 Å². The number of rotatable bonds is 1. The third-order valence-corrected chi connectivity index (χ3v) is 4.91. The van der Waals surface area contributed by atoms with Crippen LogP contribution in [0.4, 0.5) is 0 Å². The van der Waals surface area contributed by atoms with Crippen molar-refractivity contribution in [2.24, 2.45) is 5.41 Å². The summed E-state index contributed by atoms with van der Waals surface area (Å²) in [6, 6.07) is 2.00. The van der Waals surface area contributed by atoms with Crippen LogP contribution in [-0.2, 0) is 6.42 Å². The minimum absolute atomic E-state index is 0.130. The van der Waals surface area contributed by atoms with Crippen LogP contribution in [0.25, 0.3) is 10.6 Å². The number of aryl methyl sites for hydroxylation is 1. The fourth-order valence-electron chi connectivity index (χ4n) is 2.72. The maximum atomic E-state index is 10.3. The molecule has 1 aliphatic rings. The number of thiazole rings is 1. The molecule has 0 spiro atoms. The first-order valence-electron chi connectivity index (χ1n) is 6.55. The molecule has 2 aromatic rings. The molecular formula is C15H18N2OS. The van der Waals surface area contributed by atoms with E-state index in [4.69, 9.17) is 4.98 Å². The molecule has 2 aromatic heterocycles. The number of pyridine rings is 1. The van der Waals surface area contributed by atoms with Gasteiger partial charge in [-0.05, 0) is 36.8 Å². The van der Waals surface area contributed by atoms with Crippen LogP contribution in [0, 0.1) is 12.3 Å². The molecule has 1 N–H and O–H groups in total. The molecule has 0 saturated carbocycles. The molecule has 0 bridgehead atoms. The minimum atomic E-state index is -0.368. The maximum absolute atomic E-state index is 10.3. The first kappa shape index (κ1) is 12.8. The van der Waals surface area contributed by atoms with E-state index in [2.05, 4.69) is 18.8 Å². The highest BCUT2D eigenvalue weighted by molar-refractivity contribution is 7.15. The highest BCUT2D eigenvalue weighted by Crippen LogP contribution is 2.44. The second-order valence-electron chi connectivity index (χ2n) is 6.08. The molecule has 0 radical (unpaired) electrons. The van der Waals surface area contributed by atoms with Gasteiger partial charge in [0.2, 0.25) is 0 Å². The lowest BCUT2D eigenvalue weighted by Crippen LogP contribution is -2.24. The highest BCUT2D eigenvalue weighted by Gasteiger charge is 2.34. The van der Waals surface area contributed by atoms with Crippen LogP contribution in [0.5, 0.6) is 0 Å². The average molecular weight is 274 g/mol. The zero-order chi connectivity index (χ0) is 13.6. The summed E-state index contributed by atoms with van der Waals surface area (Å²) in [6.07, 6.45) is 5.04. The second kappa shape index (κ2) is 4.39. The van der Waals surface area contributed by atoms with Gasteiger partial charge in [-0.15, -0.1) is 11.3 Å². The maximum Gasteiger partial charge on any atom is 0.124 e. The van der Waals surface area contributed by atoms with Crippen molar-refractivity contribution < 1.29 is 5.11 Å². The smallest absolute Gasteiger partial charge is 0.124 e. The van der Waals surface area contributed by atoms with Crippen LogP contribution in [0.2, 0.25) is 0 Å². The summed E-state index contributed by atoms with van der Waals surface area (Å²) in [6.45, 7) is 6.43. The third-order valence-electron chi connectivity index (χ3n) is 3.67. The summed E-state index contributed by atoms with van der Waals surface area (Å²) >= 11 is 1.62. The van der Waals surface area contributed by atoms with Gasteiger partial charge >= 0.3 is 0 Å². The van der Waals surface area contributed by atoms with Gasteiger partial charge in [0.25, 0.3) is 0 Å². The molecular weight excluding hydrogens is 256 g/mol. The molecule has 1 aliphatic carbocycles. The van der Waals surface area contributed by atoms with E-state index in [0.29, 0.717) is 0 Å². The molecule has 0 aromatic carbocycles. The molecule has 0 amide bonds. The lowest BCUT2D eigenvalue weighted by atomic mass is 9.77. The van der Waals surface area contributed by atoms with Gasteiger partial charge in [-0.3, -0.25) is 4.98 Å². The summed E-state index contributed by atoms with van der Waals surface area (Å²) in [4.78, 5) is 9.92. The molecule has 3 nitrogen and oxygen atoms in total. The SMILES string of the molecule is Cc1cnccc1-c1nc2c(s1)C(O)CC(C)(C)C2. The normalized spacial score (nSPS) is 21.2. The summed E-state index contributed by atoms with van der Waals surface area (Å²) in [5, 5.41) is 11.3. The molecule has 2 heterocycles. The quantitative estimate of drug-likeness (QED) is 0.865. The fourth-order valence-corrected chi connectivity index (χ4v) is 3.88. The van der Waals surface area contributed by atoms with Crippen molar-refractivity contribution >= 4 is 11.3 Å². The van der Waals surface area contributed by atoms with Gasteiger partial charge in [-0.1, -0.05) is 13.8 Å². The van der Waals surface area contributed by atoms with Crippen molar-refractivity contribution in [3.63, 3.8) is 0 Å². The molecule has 1 atom stereocenters. The van der Waals surface area contributed by atoms with Crippen molar-refractivity contribution in [1.82, 2.24) is 9.97 Å². The highest BCUT2D eigenvalue weighted by atomic mass is 32.1. The number of fused-ring (bicyclic) bond motifs is 1. The Morgan fingerprint density at radius 1 is 1.42 bits per heavy atom. The fraction of sp³-hybridized carbons (Fsp3) is 0.467. The Morgan fingerprint density at radius 2 is 2.21 bits per heavy atom. The van der Waals surface area contributed by atoms with Crippen LogP contribution >= 0.6 is 11.3 Å². The van der Waals surface area contributed by atoms with E-state index in [0.717, 1.165) is 39.5 Å². The zero-order valence-electron chi connectivity index (χ0n) is 11.5. The van der Waals surface area contributed by atoms with Crippen molar-refractivity contribution in [1.29, 1.82) is 0 Å². The summed E-state index contributed by atoms with van der Waals surface area (Å²) < 4.78 is 0. The van der Waals surface area contributed by atoms with E-state index in [9.17, 15) is 5.11 Å². The molecule has 4 heteroatoms. The van der Waals surface area contributed by atoms with E-state index in [1.807, 2.05) is 19.2 Å². The van der Waals surface area contributed by atoms with E-state index >= 15 is 0 Å². The Labute approximate surface area is 117 Å². The van der Waals surface area contributed by atoms with Gasteiger partial charge in [0, 0.05) is 18.0 Å². The van der Waals surface area contributed by atoms with Gasteiger partial charge in [-0.25, -0.2) is 4.98 Å². The predicted molar refractivity (Wildman–Crippen MR) is 77.1 cm³/mol. The lowest BCUT2D eigenvalue weighted by molar-refractivity contribution is 0.102. The number of hydrogen-bond acceptors (Lipinski definition) is 4. The standard InChI is InChI=1S/C15H18N2OS/c1-9-8-16-5-4-10(9)14-17-11-6-15(2,3)7-12(18)13(11)19-14/h4-5,8,12,18H,6-7H2,1-3H3. The first-order chi connectivity index (χ1) is 8.96. The molecule has 0 fully saturated rings. The number of aromatic nitrogens is 2. The first-order valence-corrected chi connectivity index (χ1v) is 7.36. The number of hydrogen-bond donors (Lipinski definition) is 1. The van der Waals surface area contributed by atoms with E-state index in [1.165, 1.54) is 0 Å². The molecule has 1 unspecified atom stereocenters. The second-order valence-corrected chi connectivity index (χ2v) is 7.11. The van der Waals surface area contributed by atoms with Gasteiger partial charge in [0.15, 0.2) is 0 Å². The molecule has 3 rings (SSSR count). The molecule has 0 aliphatic heterocycles. The number of aliphatic hydroxyl groups excluding tert-OH is 1. The van der Waals surface area contributed by atoms with Crippen molar-refractivity contribution in [2.45, 2.75) is 39.7 Å². The minimum Gasteiger partial charge on any atom is -0.387 e. The van der Waals surface area contributed by atoms with Gasteiger partial charge in [0.05, 0.1) is 16.7 Å². The van der Waals surface area contributed by atoms with E-state index in [-0.39, 0.29) is 11.5 Å². The molecule has 19 heavy (non-hydrogen) atoms. The lowest BCUT2D eigenvalue weighted by Gasteiger charge is -2.31. The van der Waals surface area contributed by atoms with Crippen LogP contribution in [-0.4, -0.2) is 15.1 Å². The third kappa shape index (κ3) is 2.30. The number of nitrogens with zero attached hydrogens (tertiary/aromatic N) is 2. The van der Waals surface area contributed by atoms with Crippen molar-refractivity contribution in [2.75, 3.05) is 0 Å². The largest absolute Gasteiger partial charge is 0.387 e. The van der Waals surface area contributed by atoms with Crippen molar-refractivity contribution in [3.05, 3.63) is 34.6 Å². The topological polar surface area (TPSA) is 46.0 Å². The van der Waals surface area contributed by atoms with Gasteiger partial charge in [-0.2, -0.15) is 0 Å². The zero-order valence-corrected chi connectivity index (χ0v) is 12.3. The Balaban J connectivity index is 2.07. The molecule has 0 saturated heterocycles. The summed E-state index contributed by atoms with van der Waals surface area (Å²) in [5.41, 5.74) is 3.45. The Bertz CT molecular complexity index is 618. The monoisotopic (exact) mass is 274 g/mol. The van der Waals surface area contributed by atoms with Crippen LogP contribution < -0.4 is 0 Å². The Kier molecular flexibility index (Phi) is 2.95. The van der Waals surface area contributed by atoms with Crippen LogP contribution in [0.15, 0.2) is 18.5 Å². The predicted octanol–water partition coefficient (Wildman–Crippen LogP) is 3.52. The Morgan fingerprint density at radius 3 is 2.95 bits per heavy atom. The van der Waals surface area contributed by atoms with Crippen LogP contribution in [0.3, 0.4) is 0 Å². The van der Waals surface area contributed by atoms with Crippen LogP contribution in [0.1, 0.15) is 42.5 Å². The summed E-state index contributed by atoms with van der Waals surface area (Å²) in [5.74, 6) is 0. The molecule has 100 valence electrons. The van der Waals surface area contributed by atoms with E-state index in [1.54, 1.807) is 17.5 Å².